The van der Waals surface area contributed by atoms with Crippen LogP contribution in [0.3, 0.4) is 0 Å². The van der Waals surface area contributed by atoms with E-state index in [-0.39, 0.29) is 15.8 Å². The molecule has 2 rings (SSSR count). The standard InChI is InChI=1S/C14H17Cl2FN2/c1-8(15)13-18-11-6-10(17)9(16)5-12(11)19(13)7-14(2,3)4/h5-6,8H,7H2,1-4H3. The molecule has 2 nitrogen and oxygen atoms in total. The van der Waals surface area contributed by atoms with Crippen LogP contribution < -0.4 is 0 Å². The van der Waals surface area contributed by atoms with Crippen LogP contribution in [0, 0.1) is 11.2 Å². The number of hydrogen-bond acceptors (Lipinski definition) is 1. The molecular formula is C14H17Cl2FN2. The Hall–Kier alpha value is -0.800. The van der Waals surface area contributed by atoms with E-state index in [1.54, 1.807) is 6.07 Å². The lowest BCUT2D eigenvalue weighted by molar-refractivity contribution is 0.343. The Morgan fingerprint density at radius 3 is 2.53 bits per heavy atom. The molecule has 0 aliphatic rings. The van der Waals surface area contributed by atoms with Crippen LogP contribution in [-0.2, 0) is 6.54 Å². The predicted molar refractivity (Wildman–Crippen MR) is 78.4 cm³/mol. The summed E-state index contributed by atoms with van der Waals surface area (Å²) in [6, 6.07) is 2.98. The number of halogens is 3. The van der Waals surface area contributed by atoms with E-state index in [2.05, 4.69) is 25.8 Å². The minimum atomic E-state index is -0.455. The maximum absolute atomic E-state index is 13.5. The first-order valence-electron chi connectivity index (χ1n) is 6.18. The Bertz CT molecular complexity index is 612. The van der Waals surface area contributed by atoms with Crippen molar-refractivity contribution in [3.05, 3.63) is 28.8 Å². The maximum Gasteiger partial charge on any atom is 0.144 e. The van der Waals surface area contributed by atoms with Crippen molar-refractivity contribution >= 4 is 34.2 Å². The Balaban J connectivity index is 2.69. The van der Waals surface area contributed by atoms with Crippen molar-refractivity contribution in [2.75, 3.05) is 0 Å². The van der Waals surface area contributed by atoms with Gasteiger partial charge >= 0.3 is 0 Å². The zero-order valence-electron chi connectivity index (χ0n) is 11.5. The fraction of sp³-hybridized carbons (Fsp3) is 0.500. The summed E-state index contributed by atoms with van der Waals surface area (Å²) in [6.45, 7) is 9.00. The first-order valence-corrected chi connectivity index (χ1v) is 7.00. The van der Waals surface area contributed by atoms with Crippen LogP contribution in [0.5, 0.6) is 0 Å². The van der Waals surface area contributed by atoms with Crippen LogP contribution in [-0.4, -0.2) is 9.55 Å². The average Bonchev–Trinajstić information content (AvgIpc) is 2.56. The van der Waals surface area contributed by atoms with Crippen molar-refractivity contribution in [3.63, 3.8) is 0 Å². The van der Waals surface area contributed by atoms with Gasteiger partial charge in [-0.3, -0.25) is 0 Å². The Labute approximate surface area is 122 Å². The lowest BCUT2D eigenvalue weighted by atomic mass is 9.96. The molecule has 0 aliphatic heterocycles. The van der Waals surface area contributed by atoms with Gasteiger partial charge in [-0.15, -0.1) is 11.6 Å². The molecule has 1 heterocycles. The molecule has 5 heteroatoms. The molecule has 1 aromatic carbocycles. The lowest BCUT2D eigenvalue weighted by Gasteiger charge is -2.21. The quantitative estimate of drug-likeness (QED) is 0.699. The summed E-state index contributed by atoms with van der Waals surface area (Å²) in [5.74, 6) is 0.289. The van der Waals surface area contributed by atoms with E-state index < -0.39 is 5.82 Å². The molecule has 1 atom stereocenters. The number of aromatic nitrogens is 2. The molecule has 19 heavy (non-hydrogen) atoms. The number of fused-ring (bicyclic) bond motifs is 1. The normalized spacial score (nSPS) is 14.1. The molecule has 0 fully saturated rings. The minimum absolute atomic E-state index is 0.0645. The average molecular weight is 303 g/mol. The molecule has 0 bridgehead atoms. The van der Waals surface area contributed by atoms with Crippen LogP contribution in [0.15, 0.2) is 12.1 Å². The minimum Gasteiger partial charge on any atom is -0.326 e. The van der Waals surface area contributed by atoms with Gasteiger partial charge in [-0.05, 0) is 18.4 Å². The highest BCUT2D eigenvalue weighted by Gasteiger charge is 2.21. The molecule has 1 aromatic heterocycles. The first-order chi connectivity index (χ1) is 8.69. The third-order valence-electron chi connectivity index (χ3n) is 2.81. The van der Waals surface area contributed by atoms with Crippen molar-refractivity contribution in [2.24, 2.45) is 5.41 Å². The van der Waals surface area contributed by atoms with E-state index in [0.717, 1.165) is 17.9 Å². The van der Waals surface area contributed by atoms with Crippen LogP contribution in [0.1, 0.15) is 38.9 Å². The number of hydrogen-bond donors (Lipinski definition) is 0. The number of nitrogens with zero attached hydrogens (tertiary/aromatic N) is 2. The van der Waals surface area contributed by atoms with Gasteiger partial charge in [0.05, 0.1) is 21.4 Å². The largest absolute Gasteiger partial charge is 0.326 e. The van der Waals surface area contributed by atoms with Gasteiger partial charge < -0.3 is 4.57 Å². The monoisotopic (exact) mass is 302 g/mol. The molecule has 0 N–H and O–H groups in total. The fourth-order valence-corrected chi connectivity index (χ4v) is 2.41. The maximum atomic E-state index is 13.5. The van der Waals surface area contributed by atoms with Gasteiger partial charge in [0.15, 0.2) is 0 Å². The summed E-state index contributed by atoms with van der Waals surface area (Å²) < 4.78 is 15.5. The molecule has 0 saturated heterocycles. The first kappa shape index (κ1) is 14.6. The highest BCUT2D eigenvalue weighted by molar-refractivity contribution is 6.31. The van der Waals surface area contributed by atoms with Crippen molar-refractivity contribution in [3.8, 4) is 0 Å². The van der Waals surface area contributed by atoms with Gasteiger partial charge in [0.1, 0.15) is 11.6 Å². The van der Waals surface area contributed by atoms with E-state index in [4.69, 9.17) is 23.2 Å². The van der Waals surface area contributed by atoms with Crippen LogP contribution in [0.2, 0.25) is 5.02 Å². The Morgan fingerprint density at radius 1 is 1.37 bits per heavy atom. The summed E-state index contributed by atoms with van der Waals surface area (Å²) >= 11 is 12.0. The Kier molecular flexibility index (Phi) is 3.80. The summed E-state index contributed by atoms with van der Waals surface area (Å²) in [7, 11) is 0. The van der Waals surface area contributed by atoms with Crippen molar-refractivity contribution < 1.29 is 4.39 Å². The summed E-state index contributed by atoms with van der Waals surface area (Å²) in [5, 5.41) is -0.132. The second-order valence-corrected chi connectivity index (χ2v) is 7.05. The third kappa shape index (κ3) is 3.03. The van der Waals surface area contributed by atoms with Crippen molar-refractivity contribution in [1.29, 1.82) is 0 Å². The van der Waals surface area contributed by atoms with E-state index in [1.165, 1.54) is 6.07 Å². The summed E-state index contributed by atoms with van der Waals surface area (Å²) in [5.41, 5.74) is 1.48. The SMILES string of the molecule is CC(Cl)c1nc2cc(F)c(Cl)cc2n1CC(C)(C)C. The van der Waals surface area contributed by atoms with E-state index in [1.807, 2.05) is 11.5 Å². The molecule has 0 spiro atoms. The zero-order valence-corrected chi connectivity index (χ0v) is 13.0. The number of rotatable bonds is 2. The van der Waals surface area contributed by atoms with Crippen LogP contribution >= 0.6 is 23.2 Å². The van der Waals surface area contributed by atoms with E-state index in [0.29, 0.717) is 5.52 Å². The summed E-state index contributed by atoms with van der Waals surface area (Å²) in [6.07, 6.45) is 0. The number of benzene rings is 1. The molecule has 0 radical (unpaired) electrons. The zero-order chi connectivity index (χ0) is 14.4. The molecule has 104 valence electrons. The highest BCUT2D eigenvalue weighted by Crippen LogP contribution is 2.30. The lowest BCUT2D eigenvalue weighted by Crippen LogP contribution is -2.17. The molecule has 0 amide bonds. The second kappa shape index (κ2) is 4.95. The van der Waals surface area contributed by atoms with Gasteiger partial charge in [0.25, 0.3) is 0 Å². The Morgan fingerprint density at radius 2 is 2.00 bits per heavy atom. The van der Waals surface area contributed by atoms with Crippen LogP contribution in [0.25, 0.3) is 11.0 Å². The second-order valence-electron chi connectivity index (χ2n) is 5.99. The topological polar surface area (TPSA) is 17.8 Å². The van der Waals surface area contributed by atoms with Crippen LogP contribution in [0.4, 0.5) is 4.39 Å². The van der Waals surface area contributed by atoms with E-state index in [9.17, 15) is 4.39 Å². The molecule has 2 aromatic rings. The van der Waals surface area contributed by atoms with Gasteiger partial charge in [0.2, 0.25) is 0 Å². The third-order valence-corrected chi connectivity index (χ3v) is 3.29. The van der Waals surface area contributed by atoms with Gasteiger partial charge in [-0.1, -0.05) is 32.4 Å². The van der Waals surface area contributed by atoms with Gasteiger partial charge in [-0.25, -0.2) is 9.37 Å². The number of imidazole rings is 1. The van der Waals surface area contributed by atoms with Gasteiger partial charge in [-0.2, -0.15) is 0 Å². The van der Waals surface area contributed by atoms with E-state index >= 15 is 0 Å². The number of alkyl halides is 1. The van der Waals surface area contributed by atoms with Crippen molar-refractivity contribution in [1.82, 2.24) is 9.55 Å². The molecule has 0 saturated carbocycles. The summed E-state index contributed by atoms with van der Waals surface area (Å²) in [4.78, 5) is 4.43. The van der Waals surface area contributed by atoms with Crippen molar-refractivity contribution in [2.45, 2.75) is 39.6 Å². The predicted octanol–water partition coefficient (Wildman–Crippen LogP) is 5.17. The smallest absolute Gasteiger partial charge is 0.144 e. The molecule has 1 unspecified atom stereocenters. The van der Waals surface area contributed by atoms with Gasteiger partial charge in [0, 0.05) is 12.6 Å². The molecular weight excluding hydrogens is 286 g/mol. The fourth-order valence-electron chi connectivity index (χ4n) is 2.08. The molecule has 0 aliphatic carbocycles. The highest BCUT2D eigenvalue weighted by atomic mass is 35.5.